The number of hydrogen-bond acceptors (Lipinski definition) is 6. The number of benzene rings is 1. The van der Waals surface area contributed by atoms with Crippen molar-refractivity contribution >= 4 is 43.7 Å². The van der Waals surface area contributed by atoms with Crippen LogP contribution in [0.4, 0.5) is 10.8 Å². The van der Waals surface area contributed by atoms with E-state index in [0.717, 1.165) is 26.0 Å². The third kappa shape index (κ3) is 2.22. The maximum Gasteiger partial charge on any atom is 0.184 e. The molecule has 6 heteroatoms. The number of nitrogens with zero attached hydrogens (tertiary/aromatic N) is 2. The van der Waals surface area contributed by atoms with Crippen LogP contribution in [0.3, 0.4) is 0 Å². The van der Waals surface area contributed by atoms with Crippen LogP contribution in [0.1, 0.15) is 5.01 Å². The average molecular weight is 262 g/mol. The predicted octanol–water partition coefficient (Wildman–Crippen LogP) is 2.95. The smallest absolute Gasteiger partial charge is 0.184 e. The highest BCUT2D eigenvalue weighted by Gasteiger charge is 2.04. The van der Waals surface area contributed by atoms with E-state index in [4.69, 9.17) is 5.73 Å². The molecule has 0 unspecified atom stereocenters. The lowest BCUT2D eigenvalue weighted by Gasteiger charge is -1.96. The summed E-state index contributed by atoms with van der Waals surface area (Å²) in [5.41, 5.74) is 7.48. The van der Waals surface area contributed by atoms with Crippen LogP contribution < -0.4 is 11.1 Å². The number of nitrogens with two attached hydrogens (primary N) is 1. The minimum atomic E-state index is 0.715. The number of fused-ring (bicyclic) bond motifs is 1. The van der Waals surface area contributed by atoms with Crippen LogP contribution in [-0.4, -0.2) is 9.97 Å². The Labute approximate surface area is 106 Å². The van der Waals surface area contributed by atoms with Gasteiger partial charge in [-0.3, -0.25) is 0 Å². The molecule has 0 saturated carbocycles. The molecule has 3 aromatic rings. The zero-order chi connectivity index (χ0) is 11.7. The highest BCUT2D eigenvalue weighted by molar-refractivity contribution is 7.22. The maximum absolute atomic E-state index is 5.73. The van der Waals surface area contributed by atoms with Crippen LogP contribution in [0.15, 0.2) is 29.8 Å². The van der Waals surface area contributed by atoms with E-state index in [1.807, 2.05) is 23.6 Å². The summed E-state index contributed by atoms with van der Waals surface area (Å²) < 4.78 is 1.10. The normalized spacial score (nSPS) is 10.8. The number of aromatic nitrogens is 2. The Bertz CT molecular complexity index is 630. The van der Waals surface area contributed by atoms with Crippen LogP contribution in [0.2, 0.25) is 0 Å². The van der Waals surface area contributed by atoms with E-state index < -0.39 is 0 Å². The second kappa shape index (κ2) is 4.31. The Morgan fingerprint density at radius 1 is 1.35 bits per heavy atom. The number of rotatable bonds is 3. The molecular weight excluding hydrogens is 252 g/mol. The minimum Gasteiger partial charge on any atom is -0.399 e. The van der Waals surface area contributed by atoms with Crippen molar-refractivity contribution in [2.45, 2.75) is 6.54 Å². The molecule has 3 rings (SSSR count). The van der Waals surface area contributed by atoms with Gasteiger partial charge in [-0.05, 0) is 18.2 Å². The number of hydrogen-bond donors (Lipinski definition) is 2. The van der Waals surface area contributed by atoms with E-state index in [0.29, 0.717) is 6.54 Å². The van der Waals surface area contributed by atoms with Crippen LogP contribution in [0, 0.1) is 0 Å². The molecule has 4 nitrogen and oxygen atoms in total. The zero-order valence-corrected chi connectivity index (χ0v) is 10.5. The van der Waals surface area contributed by atoms with Crippen molar-refractivity contribution in [2.24, 2.45) is 0 Å². The van der Waals surface area contributed by atoms with Gasteiger partial charge in [0.25, 0.3) is 0 Å². The highest BCUT2D eigenvalue weighted by Crippen LogP contribution is 2.27. The van der Waals surface area contributed by atoms with Gasteiger partial charge in [-0.15, -0.1) is 11.3 Å². The van der Waals surface area contributed by atoms with E-state index in [1.165, 1.54) is 0 Å². The Balaban J connectivity index is 1.81. The third-order valence-electron chi connectivity index (χ3n) is 2.29. The molecule has 1 aromatic carbocycles. The third-order valence-corrected chi connectivity index (χ3v) is 4.04. The van der Waals surface area contributed by atoms with Gasteiger partial charge in [-0.2, -0.15) is 0 Å². The van der Waals surface area contributed by atoms with E-state index in [-0.39, 0.29) is 0 Å². The van der Waals surface area contributed by atoms with E-state index in [9.17, 15) is 0 Å². The van der Waals surface area contributed by atoms with E-state index >= 15 is 0 Å². The van der Waals surface area contributed by atoms with Gasteiger partial charge >= 0.3 is 0 Å². The van der Waals surface area contributed by atoms with Crippen LogP contribution in [0.5, 0.6) is 0 Å². The van der Waals surface area contributed by atoms with Crippen LogP contribution in [-0.2, 0) is 6.54 Å². The second-order valence-corrected chi connectivity index (χ2v) is 5.54. The van der Waals surface area contributed by atoms with Crippen molar-refractivity contribution < 1.29 is 0 Å². The Kier molecular flexibility index (Phi) is 2.66. The molecule has 0 radical (unpaired) electrons. The molecule has 0 aliphatic rings. The minimum absolute atomic E-state index is 0.715. The Morgan fingerprint density at radius 3 is 3.12 bits per heavy atom. The predicted molar refractivity (Wildman–Crippen MR) is 73.5 cm³/mol. The summed E-state index contributed by atoms with van der Waals surface area (Å²) in [6.07, 6.45) is 1.81. The molecule has 17 heavy (non-hydrogen) atoms. The molecule has 0 aliphatic heterocycles. The largest absolute Gasteiger partial charge is 0.399 e. The fourth-order valence-electron chi connectivity index (χ4n) is 1.51. The summed E-state index contributed by atoms with van der Waals surface area (Å²) in [6.45, 7) is 0.715. The lowest BCUT2D eigenvalue weighted by atomic mass is 10.3. The zero-order valence-electron chi connectivity index (χ0n) is 8.88. The summed E-state index contributed by atoms with van der Waals surface area (Å²) in [7, 11) is 0. The van der Waals surface area contributed by atoms with Gasteiger partial charge in [0.2, 0.25) is 0 Å². The summed E-state index contributed by atoms with van der Waals surface area (Å²) in [5, 5.41) is 7.20. The van der Waals surface area contributed by atoms with Gasteiger partial charge in [0.1, 0.15) is 5.01 Å². The second-order valence-electron chi connectivity index (χ2n) is 3.53. The summed E-state index contributed by atoms with van der Waals surface area (Å²) >= 11 is 3.24. The molecule has 3 N–H and O–H groups in total. The molecule has 86 valence electrons. The molecule has 0 aliphatic carbocycles. The number of nitrogen functional groups attached to an aromatic ring is 1. The fourth-order valence-corrected chi connectivity index (χ4v) is 2.97. The monoisotopic (exact) mass is 262 g/mol. The summed E-state index contributed by atoms with van der Waals surface area (Å²) in [5.74, 6) is 0. The average Bonchev–Trinajstić information content (AvgIpc) is 2.94. The van der Waals surface area contributed by atoms with Crippen molar-refractivity contribution in [3.05, 3.63) is 34.8 Å². The van der Waals surface area contributed by atoms with Gasteiger partial charge in [-0.25, -0.2) is 9.97 Å². The molecular formula is C11H10N4S2. The van der Waals surface area contributed by atoms with Crippen molar-refractivity contribution in [1.82, 2.24) is 9.97 Å². The molecule has 2 aromatic heterocycles. The lowest BCUT2D eigenvalue weighted by molar-refractivity contribution is 1.10. The molecule has 0 saturated heterocycles. The molecule has 2 heterocycles. The number of anilines is 2. The van der Waals surface area contributed by atoms with Crippen molar-refractivity contribution in [3.8, 4) is 0 Å². The SMILES string of the molecule is Nc1ccc2nc(NCc3nccs3)sc2c1. The van der Waals surface area contributed by atoms with Gasteiger partial charge in [0, 0.05) is 17.3 Å². The van der Waals surface area contributed by atoms with Gasteiger partial charge in [-0.1, -0.05) is 11.3 Å². The van der Waals surface area contributed by atoms with E-state index in [2.05, 4.69) is 15.3 Å². The standard InChI is InChI=1S/C11H10N4S2/c12-7-1-2-8-9(5-7)17-11(15-8)14-6-10-13-3-4-16-10/h1-5H,6,12H2,(H,14,15). The van der Waals surface area contributed by atoms with Gasteiger partial charge in [0.05, 0.1) is 16.8 Å². The topological polar surface area (TPSA) is 63.8 Å². The van der Waals surface area contributed by atoms with Gasteiger partial charge in [0.15, 0.2) is 5.13 Å². The molecule has 0 amide bonds. The van der Waals surface area contributed by atoms with Crippen molar-refractivity contribution in [3.63, 3.8) is 0 Å². The lowest BCUT2D eigenvalue weighted by Crippen LogP contribution is -1.97. The number of nitrogens with one attached hydrogen (secondary N) is 1. The van der Waals surface area contributed by atoms with Crippen molar-refractivity contribution in [1.29, 1.82) is 0 Å². The Morgan fingerprint density at radius 2 is 2.29 bits per heavy atom. The van der Waals surface area contributed by atoms with Gasteiger partial charge < -0.3 is 11.1 Å². The van der Waals surface area contributed by atoms with Crippen LogP contribution in [0.25, 0.3) is 10.2 Å². The van der Waals surface area contributed by atoms with Crippen molar-refractivity contribution in [2.75, 3.05) is 11.1 Å². The molecule has 0 atom stereocenters. The first kappa shape index (κ1) is 10.5. The summed E-state index contributed by atoms with van der Waals surface area (Å²) in [4.78, 5) is 8.69. The first-order valence-electron chi connectivity index (χ1n) is 5.09. The highest BCUT2D eigenvalue weighted by atomic mass is 32.1. The number of thiazole rings is 2. The van der Waals surface area contributed by atoms with Crippen LogP contribution >= 0.6 is 22.7 Å². The Hall–Kier alpha value is -1.66. The molecule has 0 fully saturated rings. The maximum atomic E-state index is 5.73. The molecule has 0 spiro atoms. The first-order chi connectivity index (χ1) is 8.31. The quantitative estimate of drug-likeness (QED) is 0.712. The summed E-state index contributed by atoms with van der Waals surface area (Å²) in [6, 6.07) is 5.75. The first-order valence-corrected chi connectivity index (χ1v) is 6.79. The van der Waals surface area contributed by atoms with E-state index in [1.54, 1.807) is 28.9 Å². The fraction of sp³-hybridized carbons (Fsp3) is 0.0909. The molecule has 0 bridgehead atoms.